The van der Waals surface area contributed by atoms with E-state index < -0.39 is 0 Å². The first-order chi connectivity index (χ1) is 11.0. The van der Waals surface area contributed by atoms with Crippen LogP contribution >= 0.6 is 0 Å². The van der Waals surface area contributed by atoms with Crippen LogP contribution < -0.4 is 16.0 Å². The van der Waals surface area contributed by atoms with Crippen LogP contribution in [-0.4, -0.2) is 18.4 Å². The van der Waals surface area contributed by atoms with E-state index in [-0.39, 0.29) is 24.3 Å². The van der Waals surface area contributed by atoms with Crippen molar-refractivity contribution in [2.75, 3.05) is 22.5 Å². The van der Waals surface area contributed by atoms with Crippen LogP contribution in [0.1, 0.15) is 13.8 Å². The second-order valence-electron chi connectivity index (χ2n) is 5.49. The molecule has 5 heteroatoms. The van der Waals surface area contributed by atoms with Gasteiger partial charge in [0.2, 0.25) is 11.8 Å². The Morgan fingerprint density at radius 1 is 0.826 bits per heavy atom. The lowest BCUT2D eigenvalue weighted by Gasteiger charge is -2.10. The van der Waals surface area contributed by atoms with Crippen LogP contribution in [0.3, 0.4) is 0 Å². The van der Waals surface area contributed by atoms with E-state index in [0.717, 1.165) is 5.69 Å². The van der Waals surface area contributed by atoms with E-state index in [9.17, 15) is 9.59 Å². The zero-order valence-electron chi connectivity index (χ0n) is 13.3. The molecule has 3 N–H and O–H groups in total. The normalized spacial score (nSPS) is 10.2. The number of hydrogen-bond donors (Lipinski definition) is 3. The van der Waals surface area contributed by atoms with Gasteiger partial charge >= 0.3 is 0 Å². The number of carbonyl (C=O) groups excluding carboxylic acids is 2. The Balaban J connectivity index is 1.83. The van der Waals surface area contributed by atoms with E-state index in [1.165, 1.54) is 0 Å². The lowest BCUT2D eigenvalue weighted by Crippen LogP contribution is -2.21. The highest BCUT2D eigenvalue weighted by atomic mass is 16.2. The van der Waals surface area contributed by atoms with Crippen LogP contribution in [0.15, 0.2) is 54.6 Å². The summed E-state index contributed by atoms with van der Waals surface area (Å²) < 4.78 is 0. The van der Waals surface area contributed by atoms with Crippen molar-refractivity contribution >= 4 is 28.9 Å². The van der Waals surface area contributed by atoms with Gasteiger partial charge in [-0.25, -0.2) is 0 Å². The Morgan fingerprint density at radius 2 is 1.39 bits per heavy atom. The molecule has 0 atom stereocenters. The van der Waals surface area contributed by atoms with E-state index >= 15 is 0 Å². The van der Waals surface area contributed by atoms with Crippen LogP contribution in [0.5, 0.6) is 0 Å². The molecule has 120 valence electrons. The Hall–Kier alpha value is -2.82. The largest absolute Gasteiger partial charge is 0.376 e. The minimum atomic E-state index is -0.132. The fraction of sp³-hybridized carbons (Fsp3) is 0.222. The minimum absolute atomic E-state index is 0.0335. The fourth-order valence-corrected chi connectivity index (χ4v) is 1.87. The van der Waals surface area contributed by atoms with E-state index in [0.29, 0.717) is 11.4 Å². The van der Waals surface area contributed by atoms with Crippen LogP contribution in [0.2, 0.25) is 0 Å². The van der Waals surface area contributed by atoms with E-state index in [1.54, 1.807) is 24.3 Å². The summed E-state index contributed by atoms with van der Waals surface area (Å²) in [4.78, 5) is 23.5. The molecule has 0 radical (unpaired) electrons. The maximum atomic E-state index is 11.9. The maximum Gasteiger partial charge on any atom is 0.243 e. The van der Waals surface area contributed by atoms with Crippen molar-refractivity contribution in [3.8, 4) is 0 Å². The third-order valence-electron chi connectivity index (χ3n) is 3.19. The highest BCUT2D eigenvalue weighted by Gasteiger charge is 2.07. The summed E-state index contributed by atoms with van der Waals surface area (Å²) in [6, 6.07) is 16.6. The molecule has 2 rings (SSSR count). The first-order valence-electron chi connectivity index (χ1n) is 7.54. The van der Waals surface area contributed by atoms with Gasteiger partial charge in [-0.2, -0.15) is 0 Å². The molecule has 2 aromatic rings. The second kappa shape index (κ2) is 7.98. The molecule has 2 amide bonds. The van der Waals surface area contributed by atoms with Gasteiger partial charge in [-0.1, -0.05) is 32.0 Å². The van der Waals surface area contributed by atoms with Crippen molar-refractivity contribution in [1.82, 2.24) is 0 Å². The van der Waals surface area contributed by atoms with Crippen molar-refractivity contribution in [1.29, 1.82) is 0 Å². The first-order valence-corrected chi connectivity index (χ1v) is 7.54. The number of amides is 2. The van der Waals surface area contributed by atoms with Crippen LogP contribution in [0, 0.1) is 5.92 Å². The molecule has 0 bridgehead atoms. The van der Waals surface area contributed by atoms with Gasteiger partial charge in [-0.15, -0.1) is 0 Å². The molecule has 0 aromatic heterocycles. The number of hydrogen-bond acceptors (Lipinski definition) is 3. The summed E-state index contributed by atoms with van der Waals surface area (Å²) in [6.45, 7) is 3.86. The van der Waals surface area contributed by atoms with Crippen molar-refractivity contribution in [2.24, 2.45) is 5.92 Å². The predicted molar refractivity (Wildman–Crippen MR) is 93.5 cm³/mol. The number of para-hydroxylation sites is 1. The van der Waals surface area contributed by atoms with E-state index in [1.807, 2.05) is 44.2 Å². The molecule has 2 aromatic carbocycles. The smallest absolute Gasteiger partial charge is 0.243 e. The Bertz CT molecular complexity index is 652. The molecule has 0 fully saturated rings. The highest BCUT2D eigenvalue weighted by Crippen LogP contribution is 2.14. The topological polar surface area (TPSA) is 70.2 Å². The summed E-state index contributed by atoms with van der Waals surface area (Å²) >= 11 is 0. The average molecular weight is 311 g/mol. The average Bonchev–Trinajstić information content (AvgIpc) is 2.55. The molecule has 0 spiro atoms. The number of anilines is 3. The number of benzene rings is 2. The van der Waals surface area contributed by atoms with Crippen molar-refractivity contribution < 1.29 is 9.59 Å². The number of carbonyl (C=O) groups is 2. The first kappa shape index (κ1) is 16.5. The molecule has 0 heterocycles. The van der Waals surface area contributed by atoms with Gasteiger partial charge in [0.25, 0.3) is 0 Å². The number of rotatable bonds is 6. The molecule has 0 saturated heterocycles. The fourth-order valence-electron chi connectivity index (χ4n) is 1.87. The summed E-state index contributed by atoms with van der Waals surface area (Å²) in [5.74, 6) is -0.236. The van der Waals surface area contributed by atoms with Gasteiger partial charge in [-0.3, -0.25) is 9.59 Å². The van der Waals surface area contributed by atoms with Gasteiger partial charge < -0.3 is 16.0 Å². The standard InChI is InChI=1S/C18H21N3O2/c1-13(2)18(23)21-16-10-8-15(9-11-16)20-17(22)12-19-14-6-4-3-5-7-14/h3-11,13,19H,12H2,1-2H3,(H,20,22)(H,21,23). The van der Waals surface area contributed by atoms with Crippen LogP contribution in [0.4, 0.5) is 17.1 Å². The predicted octanol–water partition coefficient (Wildman–Crippen LogP) is 3.33. The van der Waals surface area contributed by atoms with Crippen molar-refractivity contribution in [3.63, 3.8) is 0 Å². The van der Waals surface area contributed by atoms with E-state index in [4.69, 9.17) is 0 Å². The SMILES string of the molecule is CC(C)C(=O)Nc1ccc(NC(=O)CNc2ccccc2)cc1. The van der Waals surface area contributed by atoms with Crippen LogP contribution in [0.25, 0.3) is 0 Å². The molecule has 0 saturated carbocycles. The van der Waals surface area contributed by atoms with Gasteiger partial charge in [0.15, 0.2) is 0 Å². The zero-order valence-corrected chi connectivity index (χ0v) is 13.3. The van der Waals surface area contributed by atoms with Gasteiger partial charge in [-0.05, 0) is 36.4 Å². The molecule has 0 aliphatic rings. The molecule has 0 unspecified atom stereocenters. The van der Waals surface area contributed by atoms with Crippen LogP contribution in [-0.2, 0) is 9.59 Å². The highest BCUT2D eigenvalue weighted by molar-refractivity contribution is 5.95. The van der Waals surface area contributed by atoms with Gasteiger partial charge in [0.1, 0.15) is 0 Å². The molecule has 0 aliphatic heterocycles. The zero-order chi connectivity index (χ0) is 16.7. The Labute approximate surface area is 136 Å². The molecule has 5 nitrogen and oxygen atoms in total. The minimum Gasteiger partial charge on any atom is -0.376 e. The maximum absolute atomic E-state index is 11.9. The summed E-state index contributed by atoms with van der Waals surface area (Å²) in [7, 11) is 0. The quantitative estimate of drug-likeness (QED) is 0.766. The molecule has 23 heavy (non-hydrogen) atoms. The van der Waals surface area contributed by atoms with E-state index in [2.05, 4.69) is 16.0 Å². The molecular weight excluding hydrogens is 290 g/mol. The third-order valence-corrected chi connectivity index (χ3v) is 3.19. The summed E-state index contributed by atoms with van der Waals surface area (Å²) in [5.41, 5.74) is 2.30. The molecular formula is C18H21N3O2. The Morgan fingerprint density at radius 3 is 1.96 bits per heavy atom. The molecule has 0 aliphatic carbocycles. The van der Waals surface area contributed by atoms with Crippen molar-refractivity contribution in [3.05, 3.63) is 54.6 Å². The monoisotopic (exact) mass is 311 g/mol. The van der Waals surface area contributed by atoms with Crippen molar-refractivity contribution in [2.45, 2.75) is 13.8 Å². The Kier molecular flexibility index (Phi) is 5.74. The van der Waals surface area contributed by atoms with Gasteiger partial charge in [0.05, 0.1) is 6.54 Å². The summed E-state index contributed by atoms with van der Waals surface area (Å²) in [6.07, 6.45) is 0. The second-order valence-corrected chi connectivity index (χ2v) is 5.49. The lowest BCUT2D eigenvalue weighted by molar-refractivity contribution is -0.119. The van der Waals surface area contributed by atoms with Gasteiger partial charge in [0, 0.05) is 23.0 Å². The third kappa shape index (κ3) is 5.47. The number of nitrogens with one attached hydrogen (secondary N) is 3. The summed E-state index contributed by atoms with van der Waals surface area (Å²) in [5, 5.41) is 8.65. The lowest BCUT2D eigenvalue weighted by atomic mass is 10.2.